The zero-order chi connectivity index (χ0) is 21.9. The molecule has 1 aliphatic carbocycles. The highest BCUT2D eigenvalue weighted by Crippen LogP contribution is 2.44. The third kappa shape index (κ3) is 3.16. The molecule has 0 spiro atoms. The van der Waals surface area contributed by atoms with Gasteiger partial charge in [-0.3, -0.25) is 9.59 Å². The molecule has 1 saturated carbocycles. The third-order valence-corrected chi connectivity index (χ3v) is 5.75. The molecule has 0 amide bonds. The largest absolute Gasteiger partial charge is 0.501 e. The topological polar surface area (TPSA) is 130 Å². The van der Waals surface area contributed by atoms with Crippen molar-refractivity contribution in [2.24, 2.45) is 5.92 Å². The number of rotatable bonds is 4. The molecule has 0 unspecified atom stereocenters. The molecular weight excluding hydrogens is 428 g/mol. The lowest BCUT2D eigenvalue weighted by atomic mass is 9.82. The smallest absolute Gasteiger partial charge is 0.327 e. The third-order valence-electron chi connectivity index (χ3n) is 5.46. The van der Waals surface area contributed by atoms with Crippen LogP contribution < -0.4 is 10.2 Å². The second kappa shape index (κ2) is 6.95. The summed E-state index contributed by atoms with van der Waals surface area (Å²) in [4.78, 5) is 23.7. The fourth-order valence-electron chi connectivity index (χ4n) is 3.71. The van der Waals surface area contributed by atoms with Crippen LogP contribution in [0.5, 0.6) is 17.4 Å². The van der Waals surface area contributed by atoms with Crippen LogP contribution in [-0.4, -0.2) is 27.4 Å². The average Bonchev–Trinajstić information content (AvgIpc) is 2.97. The molecule has 1 aliphatic rings. The number of aromatic hydroxyl groups is 2. The maximum absolute atomic E-state index is 12.6. The average molecular weight is 443 g/mol. The molecule has 0 atom stereocenters. The van der Waals surface area contributed by atoms with Crippen molar-refractivity contribution >= 4 is 39.5 Å². The number of carboxylic acids is 1. The first-order chi connectivity index (χ1) is 14.8. The summed E-state index contributed by atoms with van der Waals surface area (Å²) < 4.78 is 17.1. The van der Waals surface area contributed by atoms with E-state index in [1.165, 1.54) is 18.2 Å². The van der Waals surface area contributed by atoms with Gasteiger partial charge in [0.05, 0.1) is 27.3 Å². The molecule has 3 N–H and O–H groups in total. The van der Waals surface area contributed by atoms with Crippen LogP contribution in [0.25, 0.3) is 33.3 Å². The molecule has 2 aromatic carbocycles. The summed E-state index contributed by atoms with van der Waals surface area (Å²) in [5, 5.41) is 29.7. The van der Waals surface area contributed by atoms with Crippen molar-refractivity contribution in [3.63, 3.8) is 0 Å². The van der Waals surface area contributed by atoms with E-state index in [0.29, 0.717) is 23.8 Å². The number of benzene rings is 2. The van der Waals surface area contributed by atoms with Gasteiger partial charge in [-0.1, -0.05) is 17.7 Å². The summed E-state index contributed by atoms with van der Waals surface area (Å²) in [6, 6.07) is 9.05. The molecule has 2 heterocycles. The lowest BCUT2D eigenvalue weighted by Crippen LogP contribution is -2.38. The van der Waals surface area contributed by atoms with Crippen molar-refractivity contribution < 1.29 is 33.7 Å². The van der Waals surface area contributed by atoms with Crippen LogP contribution in [0.1, 0.15) is 12.8 Å². The van der Waals surface area contributed by atoms with Crippen LogP contribution in [0.4, 0.5) is 0 Å². The molecule has 158 valence electrons. The first-order valence-corrected chi connectivity index (χ1v) is 9.80. The number of ether oxygens (including phenoxy) is 1. The predicted molar refractivity (Wildman–Crippen MR) is 111 cm³/mol. The van der Waals surface area contributed by atoms with Crippen LogP contribution in [0.15, 0.2) is 50.0 Å². The molecule has 1 fully saturated rings. The molecule has 0 bridgehead atoms. The molecule has 8 nitrogen and oxygen atoms in total. The van der Waals surface area contributed by atoms with Gasteiger partial charge in [-0.05, 0) is 37.1 Å². The van der Waals surface area contributed by atoms with Gasteiger partial charge in [0, 0.05) is 6.07 Å². The minimum absolute atomic E-state index is 0.145. The highest BCUT2D eigenvalue weighted by Gasteiger charge is 2.36. The standard InChI is InChI=1S/C22H15ClO8/c23-14-3-1-2-11-15(24)8-18(30-20(11)14)12-6-17-13(19(25)22(28)31-17)7-16(12)29-10-4-9(5-10)21(26)27/h1-3,6-10,25,28H,4-5H2,(H,26,27)/t9-,10-. The Bertz CT molecular complexity index is 1410. The van der Waals surface area contributed by atoms with E-state index in [2.05, 4.69) is 0 Å². The van der Waals surface area contributed by atoms with Gasteiger partial charge >= 0.3 is 11.9 Å². The van der Waals surface area contributed by atoms with Gasteiger partial charge in [-0.2, -0.15) is 0 Å². The molecule has 31 heavy (non-hydrogen) atoms. The first-order valence-electron chi connectivity index (χ1n) is 9.42. The maximum Gasteiger partial charge on any atom is 0.327 e. The number of carboxylic acid groups (broad SMARTS) is 1. The van der Waals surface area contributed by atoms with Gasteiger partial charge in [0.1, 0.15) is 23.2 Å². The second-order valence-corrected chi connectivity index (χ2v) is 7.85. The normalized spacial score (nSPS) is 18.2. The number of fused-ring (bicyclic) bond motifs is 2. The number of hydrogen-bond donors (Lipinski definition) is 3. The van der Waals surface area contributed by atoms with Gasteiger partial charge in [0.15, 0.2) is 11.0 Å². The van der Waals surface area contributed by atoms with Crippen LogP contribution in [-0.2, 0) is 4.79 Å². The lowest BCUT2D eigenvalue weighted by molar-refractivity contribution is -0.147. The fourth-order valence-corrected chi connectivity index (χ4v) is 3.92. The Morgan fingerprint density at radius 3 is 2.61 bits per heavy atom. The van der Waals surface area contributed by atoms with E-state index in [1.807, 2.05) is 0 Å². The Morgan fingerprint density at radius 1 is 1.10 bits per heavy atom. The summed E-state index contributed by atoms with van der Waals surface area (Å²) in [7, 11) is 0. The monoisotopic (exact) mass is 442 g/mol. The first kappa shape index (κ1) is 19.3. The zero-order valence-corrected chi connectivity index (χ0v) is 16.5. The highest BCUT2D eigenvalue weighted by molar-refractivity contribution is 6.34. The summed E-state index contributed by atoms with van der Waals surface area (Å²) in [6.45, 7) is 0. The number of halogens is 1. The van der Waals surface area contributed by atoms with Gasteiger partial charge in [-0.15, -0.1) is 0 Å². The van der Waals surface area contributed by atoms with E-state index in [4.69, 9.17) is 30.3 Å². The predicted octanol–water partition coefficient (Wildman–Crippen LogP) is 4.51. The highest BCUT2D eigenvalue weighted by atomic mass is 35.5. The van der Waals surface area contributed by atoms with E-state index < -0.39 is 23.6 Å². The zero-order valence-electron chi connectivity index (χ0n) is 15.8. The molecular formula is C22H15ClO8. The van der Waals surface area contributed by atoms with E-state index in [9.17, 15) is 19.8 Å². The van der Waals surface area contributed by atoms with Crippen LogP contribution in [0.2, 0.25) is 5.02 Å². The van der Waals surface area contributed by atoms with Gasteiger partial charge in [-0.25, -0.2) is 0 Å². The summed E-state index contributed by atoms with van der Waals surface area (Å²) in [6.07, 6.45) is 0.280. The number of para-hydroxylation sites is 1. The number of aliphatic carboxylic acids is 1. The van der Waals surface area contributed by atoms with E-state index in [1.54, 1.807) is 18.2 Å². The van der Waals surface area contributed by atoms with E-state index >= 15 is 0 Å². The van der Waals surface area contributed by atoms with E-state index in [0.717, 1.165) is 0 Å². The number of carbonyl (C=O) groups is 1. The Balaban J connectivity index is 1.66. The minimum Gasteiger partial charge on any atom is -0.501 e. The van der Waals surface area contributed by atoms with Crippen LogP contribution in [0, 0.1) is 5.92 Å². The molecule has 9 heteroatoms. The maximum atomic E-state index is 12.6. The Labute approximate surface area is 178 Å². The van der Waals surface area contributed by atoms with E-state index in [-0.39, 0.29) is 44.6 Å². The van der Waals surface area contributed by atoms with Crippen molar-refractivity contribution in [1.29, 1.82) is 0 Å². The molecule has 2 aromatic heterocycles. The fraction of sp³-hybridized carbons (Fsp3) is 0.182. The van der Waals surface area contributed by atoms with Gasteiger partial charge in [0.25, 0.3) is 0 Å². The Kier molecular flexibility index (Phi) is 4.33. The second-order valence-electron chi connectivity index (χ2n) is 7.44. The summed E-state index contributed by atoms with van der Waals surface area (Å²) in [5.41, 5.74) is 0.372. The number of furan rings is 1. The summed E-state index contributed by atoms with van der Waals surface area (Å²) in [5.74, 6) is -2.09. The van der Waals surface area contributed by atoms with Crippen LogP contribution >= 0.6 is 11.6 Å². The number of hydrogen-bond acceptors (Lipinski definition) is 7. The quantitative estimate of drug-likeness (QED) is 0.420. The molecule has 5 rings (SSSR count). The van der Waals surface area contributed by atoms with Gasteiger partial charge in [0.2, 0.25) is 5.75 Å². The Hall–Kier alpha value is -3.65. The molecule has 0 aliphatic heterocycles. The SMILES string of the molecule is O=c1cc(-c2cc3oc(O)c(O)c3cc2O[C@H]2C[C@H](C(=O)O)C2)oc2c(Cl)cccc12. The minimum atomic E-state index is -0.886. The molecule has 4 aromatic rings. The van der Waals surface area contributed by atoms with Crippen molar-refractivity contribution in [2.45, 2.75) is 18.9 Å². The summed E-state index contributed by atoms with van der Waals surface area (Å²) >= 11 is 6.20. The Morgan fingerprint density at radius 2 is 1.87 bits per heavy atom. The van der Waals surface area contributed by atoms with Crippen LogP contribution in [0.3, 0.4) is 0 Å². The lowest BCUT2D eigenvalue weighted by Gasteiger charge is -2.33. The van der Waals surface area contributed by atoms with Gasteiger partial charge < -0.3 is 28.9 Å². The van der Waals surface area contributed by atoms with Crippen molar-refractivity contribution in [3.8, 4) is 28.8 Å². The van der Waals surface area contributed by atoms with Crippen molar-refractivity contribution in [1.82, 2.24) is 0 Å². The van der Waals surface area contributed by atoms with Crippen molar-refractivity contribution in [3.05, 3.63) is 51.6 Å². The molecule has 0 saturated heterocycles. The van der Waals surface area contributed by atoms with Crippen molar-refractivity contribution in [2.75, 3.05) is 0 Å². The molecule has 0 radical (unpaired) electrons.